The van der Waals surface area contributed by atoms with Crippen LogP contribution in [0.4, 0.5) is 0 Å². The predicted octanol–water partition coefficient (Wildman–Crippen LogP) is 5.10. The minimum absolute atomic E-state index is 0.0695. The van der Waals surface area contributed by atoms with Crippen molar-refractivity contribution in [3.8, 4) is 5.75 Å². The molecule has 1 N–H and O–H groups in total. The smallest absolute Gasteiger partial charge is 0.343 e. The molecule has 0 radical (unpaired) electrons. The second-order valence-corrected chi connectivity index (χ2v) is 7.43. The Morgan fingerprint density at radius 3 is 2.76 bits per heavy atom. The zero-order chi connectivity index (χ0) is 18.4. The van der Waals surface area contributed by atoms with Crippen molar-refractivity contribution >= 4 is 23.8 Å². The van der Waals surface area contributed by atoms with E-state index in [-0.39, 0.29) is 17.1 Å². The van der Waals surface area contributed by atoms with Crippen LogP contribution < -0.4 is 10.4 Å². The Balaban J connectivity index is 1.97. The van der Waals surface area contributed by atoms with Crippen molar-refractivity contribution in [2.24, 2.45) is 0 Å². The fourth-order valence-electron chi connectivity index (χ4n) is 2.97. The van der Waals surface area contributed by atoms with Gasteiger partial charge in [0, 0.05) is 17.2 Å². The van der Waals surface area contributed by atoms with Crippen molar-refractivity contribution in [2.75, 3.05) is 0 Å². The van der Waals surface area contributed by atoms with E-state index in [1.807, 2.05) is 46.8 Å². The highest BCUT2D eigenvalue weighted by molar-refractivity contribution is 6.31. The lowest BCUT2D eigenvalue weighted by atomic mass is 9.82. The second-order valence-electron chi connectivity index (χ2n) is 7.03. The van der Waals surface area contributed by atoms with Crippen molar-refractivity contribution in [2.45, 2.75) is 46.1 Å². The number of hydrogen-bond acceptors (Lipinski definition) is 3. The van der Waals surface area contributed by atoms with E-state index in [2.05, 4.69) is 4.98 Å². The van der Waals surface area contributed by atoms with Crippen LogP contribution in [0.25, 0.3) is 12.2 Å². The van der Waals surface area contributed by atoms with E-state index < -0.39 is 0 Å². The fraction of sp³-hybridized carbons (Fsp3) is 0.350. The van der Waals surface area contributed by atoms with E-state index in [1.165, 1.54) is 0 Å². The highest BCUT2D eigenvalue weighted by atomic mass is 35.5. The van der Waals surface area contributed by atoms with Gasteiger partial charge in [-0.15, -0.1) is 0 Å². The van der Waals surface area contributed by atoms with Crippen LogP contribution in [0.1, 0.15) is 50.3 Å². The predicted molar refractivity (Wildman–Crippen MR) is 101 cm³/mol. The molecule has 4 nitrogen and oxygen atoms in total. The Hall–Kier alpha value is -2.20. The Bertz CT molecular complexity index is 931. The first-order valence-electron chi connectivity index (χ1n) is 8.26. The standard InChI is InChI=1S/C20H22ClNO3/c1-11(10-15-14(21)8-9-22-15)6-7-16-12(2)18-17(19(23)25-16)20(4,5)13(3)24-18/h6-10,13,22H,1-5H3/b7-6+,11-10+/t13-/m1/s1. The topological polar surface area (TPSA) is 55.2 Å². The van der Waals surface area contributed by atoms with Crippen molar-refractivity contribution < 1.29 is 9.15 Å². The zero-order valence-electron chi connectivity index (χ0n) is 15.1. The number of fused-ring (bicyclic) bond motifs is 1. The van der Waals surface area contributed by atoms with Gasteiger partial charge >= 0.3 is 5.63 Å². The van der Waals surface area contributed by atoms with Gasteiger partial charge in [-0.05, 0) is 44.6 Å². The Kier molecular flexibility index (Phi) is 4.41. The molecule has 0 spiro atoms. The normalized spacial score (nSPS) is 19.3. The number of H-pyrrole nitrogens is 1. The molecule has 1 aliphatic rings. The number of halogens is 1. The van der Waals surface area contributed by atoms with E-state index in [0.29, 0.717) is 22.1 Å². The zero-order valence-corrected chi connectivity index (χ0v) is 15.8. The molecule has 0 aliphatic carbocycles. The molecule has 132 valence electrons. The van der Waals surface area contributed by atoms with Crippen LogP contribution in [-0.4, -0.2) is 11.1 Å². The van der Waals surface area contributed by atoms with Gasteiger partial charge in [-0.1, -0.05) is 31.5 Å². The van der Waals surface area contributed by atoms with Gasteiger partial charge in [-0.25, -0.2) is 4.79 Å². The molecule has 0 saturated heterocycles. The number of allylic oxidation sites excluding steroid dienone is 2. The molecule has 0 aromatic carbocycles. The van der Waals surface area contributed by atoms with Gasteiger partial charge in [-0.3, -0.25) is 0 Å². The first-order valence-corrected chi connectivity index (χ1v) is 8.63. The van der Waals surface area contributed by atoms with Crippen molar-refractivity contribution in [3.63, 3.8) is 0 Å². The Morgan fingerprint density at radius 1 is 1.40 bits per heavy atom. The fourth-order valence-corrected chi connectivity index (χ4v) is 3.14. The van der Waals surface area contributed by atoms with Crippen LogP contribution >= 0.6 is 11.6 Å². The third-order valence-electron chi connectivity index (χ3n) is 4.89. The number of hydrogen-bond donors (Lipinski definition) is 1. The molecular formula is C20H22ClNO3. The van der Waals surface area contributed by atoms with E-state index in [4.69, 9.17) is 20.8 Å². The number of rotatable bonds is 3. The minimum Gasteiger partial charge on any atom is -0.489 e. The molecule has 3 heterocycles. The molecule has 0 bridgehead atoms. The third kappa shape index (κ3) is 3.07. The number of nitrogens with one attached hydrogen (secondary N) is 1. The van der Waals surface area contributed by atoms with Gasteiger partial charge < -0.3 is 14.1 Å². The molecule has 1 atom stereocenters. The summed E-state index contributed by atoms with van der Waals surface area (Å²) in [6, 6.07) is 1.80. The second kappa shape index (κ2) is 6.26. The number of aromatic nitrogens is 1. The summed E-state index contributed by atoms with van der Waals surface area (Å²) in [6.45, 7) is 9.85. The van der Waals surface area contributed by atoms with Crippen LogP contribution in [0.15, 0.2) is 33.1 Å². The average Bonchev–Trinajstić information content (AvgIpc) is 3.03. The van der Waals surface area contributed by atoms with Crippen LogP contribution in [0.2, 0.25) is 5.02 Å². The Morgan fingerprint density at radius 2 is 2.12 bits per heavy atom. The largest absolute Gasteiger partial charge is 0.489 e. The molecule has 3 rings (SSSR count). The van der Waals surface area contributed by atoms with Crippen molar-refractivity contribution in [1.29, 1.82) is 0 Å². The molecule has 0 saturated carbocycles. The summed E-state index contributed by atoms with van der Waals surface area (Å²) in [4.78, 5) is 15.5. The lowest BCUT2D eigenvalue weighted by Crippen LogP contribution is -2.32. The molecule has 25 heavy (non-hydrogen) atoms. The monoisotopic (exact) mass is 359 g/mol. The summed E-state index contributed by atoms with van der Waals surface area (Å²) in [6.07, 6.45) is 7.33. The Labute approximate surface area is 152 Å². The van der Waals surface area contributed by atoms with E-state index in [9.17, 15) is 4.79 Å². The molecule has 5 heteroatoms. The molecule has 0 amide bonds. The van der Waals surface area contributed by atoms with Crippen LogP contribution in [-0.2, 0) is 5.41 Å². The average molecular weight is 360 g/mol. The van der Waals surface area contributed by atoms with E-state index >= 15 is 0 Å². The lowest BCUT2D eigenvalue weighted by Gasteiger charge is -2.20. The maximum absolute atomic E-state index is 12.5. The molecule has 0 unspecified atom stereocenters. The van der Waals surface area contributed by atoms with Gasteiger partial charge in [0.25, 0.3) is 0 Å². The van der Waals surface area contributed by atoms with Crippen LogP contribution in [0.3, 0.4) is 0 Å². The molecule has 2 aromatic heterocycles. The molecule has 0 fully saturated rings. The minimum atomic E-state index is -0.358. The SMILES string of the molecule is CC(/C=C/c1oc(=O)c2c(c1C)O[C@H](C)C2(C)C)=C\c1[nH]ccc1Cl. The van der Waals surface area contributed by atoms with E-state index in [1.54, 1.807) is 18.3 Å². The highest BCUT2D eigenvalue weighted by Crippen LogP contribution is 2.43. The lowest BCUT2D eigenvalue weighted by molar-refractivity contribution is 0.184. The summed E-state index contributed by atoms with van der Waals surface area (Å²) in [5.74, 6) is 1.17. The van der Waals surface area contributed by atoms with Gasteiger partial charge in [0.15, 0.2) is 0 Å². The van der Waals surface area contributed by atoms with Crippen LogP contribution in [0, 0.1) is 6.92 Å². The maximum atomic E-state index is 12.5. The van der Waals surface area contributed by atoms with Gasteiger partial charge in [0.2, 0.25) is 0 Å². The molecule has 1 aliphatic heterocycles. The summed E-state index contributed by atoms with van der Waals surface area (Å²) in [5, 5.41) is 0.664. The quantitative estimate of drug-likeness (QED) is 0.775. The highest BCUT2D eigenvalue weighted by Gasteiger charge is 2.43. The van der Waals surface area contributed by atoms with E-state index in [0.717, 1.165) is 16.8 Å². The maximum Gasteiger partial charge on any atom is 0.343 e. The van der Waals surface area contributed by atoms with Crippen LogP contribution in [0.5, 0.6) is 5.75 Å². The van der Waals surface area contributed by atoms with Gasteiger partial charge in [0.05, 0.1) is 16.3 Å². The number of aromatic amines is 1. The van der Waals surface area contributed by atoms with Gasteiger partial charge in [0.1, 0.15) is 17.6 Å². The third-order valence-corrected chi connectivity index (χ3v) is 5.22. The summed E-state index contributed by atoms with van der Waals surface area (Å²) in [7, 11) is 0. The number of ether oxygens (including phenoxy) is 1. The van der Waals surface area contributed by atoms with Crippen molar-refractivity contribution in [3.05, 3.63) is 61.9 Å². The summed E-state index contributed by atoms with van der Waals surface area (Å²) < 4.78 is 11.5. The first-order chi connectivity index (χ1) is 11.7. The summed E-state index contributed by atoms with van der Waals surface area (Å²) in [5.41, 5.74) is 2.59. The molecular weight excluding hydrogens is 338 g/mol. The summed E-state index contributed by atoms with van der Waals surface area (Å²) >= 11 is 6.08. The van der Waals surface area contributed by atoms with Crippen molar-refractivity contribution in [1.82, 2.24) is 4.98 Å². The first kappa shape index (κ1) is 17.6. The molecule has 2 aromatic rings. The van der Waals surface area contributed by atoms with Gasteiger partial charge in [-0.2, -0.15) is 0 Å².